The van der Waals surface area contributed by atoms with Gasteiger partial charge in [-0.1, -0.05) is 11.6 Å². The highest BCUT2D eigenvalue weighted by molar-refractivity contribution is 6.33. The van der Waals surface area contributed by atoms with Gasteiger partial charge in [-0.15, -0.1) is 0 Å². The maximum absolute atomic E-state index is 11.6. The number of rotatable bonds is 1. The van der Waals surface area contributed by atoms with Crippen molar-refractivity contribution in [1.29, 1.82) is 0 Å². The average Bonchev–Trinajstić information content (AvgIpc) is 2.72. The molecule has 0 saturated carbocycles. The molecule has 2 aromatic heterocycles. The Bertz CT molecular complexity index is 953. The summed E-state index contributed by atoms with van der Waals surface area (Å²) in [6.07, 6.45) is 0. The monoisotopic (exact) mass is 281 g/mol. The molecule has 0 unspecified atom stereocenters. The first-order valence-corrected chi connectivity index (χ1v) is 5.34. The summed E-state index contributed by atoms with van der Waals surface area (Å²) < 4.78 is 0.910. The quantitative estimate of drug-likeness (QED) is 0.494. The number of aromatic nitrogens is 4. The molecule has 0 fully saturated rings. The zero-order valence-electron chi connectivity index (χ0n) is 9.01. The van der Waals surface area contributed by atoms with Crippen molar-refractivity contribution in [1.82, 2.24) is 19.6 Å². The molecule has 0 spiro atoms. The Morgan fingerprint density at radius 3 is 2.79 bits per heavy atom. The van der Waals surface area contributed by atoms with Gasteiger partial charge in [0.25, 0.3) is 5.69 Å². The van der Waals surface area contributed by atoms with Crippen molar-refractivity contribution < 1.29 is 4.92 Å². The van der Waals surface area contributed by atoms with Gasteiger partial charge >= 0.3 is 11.4 Å². The van der Waals surface area contributed by atoms with Gasteiger partial charge in [0, 0.05) is 11.5 Å². The first kappa shape index (κ1) is 11.4. The number of hydrogen-bond acceptors (Lipinski definition) is 5. The highest BCUT2D eigenvalue weighted by Gasteiger charge is 2.17. The Morgan fingerprint density at radius 1 is 1.37 bits per heavy atom. The van der Waals surface area contributed by atoms with Crippen LogP contribution in [0, 0.1) is 10.1 Å². The number of nitro groups is 1. The van der Waals surface area contributed by atoms with Crippen molar-refractivity contribution in [3.05, 3.63) is 48.2 Å². The summed E-state index contributed by atoms with van der Waals surface area (Å²) in [5.74, 6) is 0. The molecule has 0 radical (unpaired) electrons. The molecule has 3 rings (SSSR count). The largest absolute Gasteiger partial charge is 0.369 e. The predicted octanol–water partition coefficient (Wildman–Crippen LogP) is 0.426. The van der Waals surface area contributed by atoms with Gasteiger partial charge in [0.15, 0.2) is 0 Å². The fourth-order valence-corrected chi connectivity index (χ4v) is 2.04. The number of H-pyrrole nitrogens is 2. The molecule has 0 saturated heterocycles. The Hall–Kier alpha value is -2.68. The molecule has 96 valence electrons. The van der Waals surface area contributed by atoms with Crippen molar-refractivity contribution in [3.63, 3.8) is 0 Å². The van der Waals surface area contributed by atoms with Crippen LogP contribution < -0.4 is 11.4 Å². The number of nitrogens with zero attached hydrogens (tertiary/aromatic N) is 3. The molecule has 2 heterocycles. The van der Waals surface area contributed by atoms with Gasteiger partial charge in [0.1, 0.15) is 10.7 Å². The van der Waals surface area contributed by atoms with Gasteiger partial charge in [-0.2, -0.15) is 9.50 Å². The minimum Gasteiger partial charge on any atom is -0.290 e. The molecule has 0 atom stereocenters. The fraction of sp³-hybridized carbons (Fsp3) is 0. The van der Waals surface area contributed by atoms with Crippen LogP contribution in [0.5, 0.6) is 0 Å². The highest BCUT2D eigenvalue weighted by Crippen LogP contribution is 2.29. The third-order valence-corrected chi connectivity index (χ3v) is 2.90. The van der Waals surface area contributed by atoms with Gasteiger partial charge in [0.2, 0.25) is 0 Å². The van der Waals surface area contributed by atoms with Gasteiger partial charge < -0.3 is 0 Å². The second-order valence-corrected chi connectivity index (χ2v) is 4.13. The van der Waals surface area contributed by atoms with Gasteiger partial charge in [-0.3, -0.25) is 15.1 Å². The van der Waals surface area contributed by atoms with Gasteiger partial charge in [-0.05, 0) is 6.07 Å². The zero-order valence-corrected chi connectivity index (χ0v) is 9.76. The van der Waals surface area contributed by atoms with Crippen LogP contribution in [-0.2, 0) is 0 Å². The van der Waals surface area contributed by atoms with Crippen LogP contribution >= 0.6 is 11.6 Å². The van der Waals surface area contributed by atoms with Gasteiger partial charge in [-0.25, -0.2) is 14.7 Å². The lowest BCUT2D eigenvalue weighted by atomic mass is 10.2. The summed E-state index contributed by atoms with van der Waals surface area (Å²) in [6, 6.07) is 2.37. The summed E-state index contributed by atoms with van der Waals surface area (Å²) in [4.78, 5) is 39.0. The summed E-state index contributed by atoms with van der Waals surface area (Å²) >= 11 is 5.79. The summed E-state index contributed by atoms with van der Waals surface area (Å²) in [5.41, 5.74) is -1.48. The van der Waals surface area contributed by atoms with E-state index >= 15 is 0 Å². The fourth-order valence-electron chi connectivity index (χ4n) is 1.81. The highest BCUT2D eigenvalue weighted by atomic mass is 35.5. The van der Waals surface area contributed by atoms with Crippen LogP contribution in [0.3, 0.4) is 0 Å². The maximum atomic E-state index is 11.6. The van der Waals surface area contributed by atoms with E-state index in [1.807, 2.05) is 0 Å². The molecule has 0 aliphatic carbocycles. The van der Waals surface area contributed by atoms with E-state index in [0.717, 1.165) is 10.6 Å². The zero-order chi connectivity index (χ0) is 13.7. The number of benzene rings is 1. The lowest BCUT2D eigenvalue weighted by Gasteiger charge is -2.00. The molecule has 9 nitrogen and oxygen atoms in total. The standard InChI is InChI=1S/C9H4ClN5O4/c10-4-1-3-5(2-6(4)15(18)19)11-9(17)14-7(3)12-8(16)13-14/h1-2H,(H2,12,13,16). The number of aromatic amines is 2. The number of fused-ring (bicyclic) bond motifs is 3. The molecule has 0 aliphatic rings. The summed E-state index contributed by atoms with van der Waals surface area (Å²) in [7, 11) is 0. The first-order valence-electron chi connectivity index (χ1n) is 4.96. The van der Waals surface area contributed by atoms with Crippen LogP contribution in [0.25, 0.3) is 16.6 Å². The van der Waals surface area contributed by atoms with E-state index in [1.54, 1.807) is 0 Å². The van der Waals surface area contributed by atoms with Crippen LogP contribution in [-0.4, -0.2) is 24.5 Å². The smallest absolute Gasteiger partial charge is 0.290 e. The molecule has 0 bridgehead atoms. The molecule has 2 N–H and O–H groups in total. The summed E-state index contributed by atoms with van der Waals surface area (Å²) in [6.45, 7) is 0. The van der Waals surface area contributed by atoms with Crippen LogP contribution in [0.2, 0.25) is 5.02 Å². The Kier molecular flexibility index (Phi) is 2.20. The van der Waals surface area contributed by atoms with Crippen LogP contribution in [0.15, 0.2) is 21.7 Å². The second kappa shape index (κ2) is 3.65. The van der Waals surface area contributed by atoms with Crippen LogP contribution in [0.1, 0.15) is 0 Å². The Morgan fingerprint density at radius 2 is 2.11 bits per heavy atom. The average molecular weight is 282 g/mol. The van der Waals surface area contributed by atoms with E-state index in [2.05, 4.69) is 15.1 Å². The minimum atomic E-state index is -0.752. The molecule has 0 amide bonds. The lowest BCUT2D eigenvalue weighted by molar-refractivity contribution is -0.384. The number of nitrogens with one attached hydrogen (secondary N) is 2. The Labute approximate surface area is 107 Å². The molecule has 1 aromatic carbocycles. The van der Waals surface area contributed by atoms with E-state index in [1.165, 1.54) is 6.07 Å². The minimum absolute atomic E-state index is 0.0800. The van der Waals surface area contributed by atoms with Crippen molar-refractivity contribution in [3.8, 4) is 0 Å². The SMILES string of the molecule is O=c1[nH]c2c3cc(Cl)c([N+](=O)[O-])cc3nc(=O)n2[nH]1. The Balaban J connectivity index is 2.57. The van der Waals surface area contributed by atoms with Crippen molar-refractivity contribution in [2.45, 2.75) is 0 Å². The predicted molar refractivity (Wildman–Crippen MR) is 65.6 cm³/mol. The van der Waals surface area contributed by atoms with Crippen molar-refractivity contribution in [2.24, 2.45) is 0 Å². The van der Waals surface area contributed by atoms with Crippen molar-refractivity contribution in [2.75, 3.05) is 0 Å². The second-order valence-electron chi connectivity index (χ2n) is 3.72. The van der Waals surface area contributed by atoms with E-state index in [4.69, 9.17) is 11.6 Å². The molecule has 19 heavy (non-hydrogen) atoms. The first-order chi connectivity index (χ1) is 8.97. The number of nitro benzene ring substituents is 1. The maximum Gasteiger partial charge on any atom is 0.369 e. The molecular formula is C9H4ClN5O4. The third kappa shape index (κ3) is 1.59. The molecule has 10 heteroatoms. The van der Waals surface area contributed by atoms with E-state index < -0.39 is 16.3 Å². The number of hydrogen-bond donors (Lipinski definition) is 2. The van der Waals surface area contributed by atoms with E-state index in [-0.39, 0.29) is 21.9 Å². The molecule has 0 aliphatic heterocycles. The van der Waals surface area contributed by atoms with E-state index in [9.17, 15) is 19.7 Å². The number of halogens is 1. The molecule has 3 aromatic rings. The van der Waals surface area contributed by atoms with Crippen molar-refractivity contribution >= 4 is 33.8 Å². The lowest BCUT2D eigenvalue weighted by Crippen LogP contribution is -2.18. The molecular weight excluding hydrogens is 278 g/mol. The van der Waals surface area contributed by atoms with Gasteiger partial charge in [0.05, 0.1) is 10.4 Å². The van der Waals surface area contributed by atoms with Crippen LogP contribution in [0.4, 0.5) is 5.69 Å². The van der Waals surface area contributed by atoms with E-state index in [0.29, 0.717) is 5.39 Å². The normalized spacial score (nSPS) is 11.2. The summed E-state index contributed by atoms with van der Waals surface area (Å²) in [5, 5.41) is 13.2. The third-order valence-electron chi connectivity index (χ3n) is 2.59. The topological polar surface area (TPSA) is 126 Å².